The standard InChI is InChI=1S/C19H21FN2O2/c20-16-9-5-4-8-15(16)18-13-22(10-11-24-18)19(23)17(21)12-14-6-2-1-3-7-14/h1-9,17-18H,10-13,21H2/t17-,18+/m1/s1. The molecular weight excluding hydrogens is 307 g/mol. The molecule has 0 aliphatic carbocycles. The molecule has 0 spiro atoms. The van der Waals surface area contributed by atoms with Gasteiger partial charge in [0.25, 0.3) is 0 Å². The average Bonchev–Trinajstić information content (AvgIpc) is 2.62. The quantitative estimate of drug-likeness (QED) is 0.937. The number of ether oxygens (including phenoxy) is 1. The molecule has 3 rings (SSSR count). The predicted molar refractivity (Wildman–Crippen MR) is 89.8 cm³/mol. The molecule has 1 fully saturated rings. The summed E-state index contributed by atoms with van der Waals surface area (Å²) in [6, 6.07) is 15.6. The number of morpholine rings is 1. The normalized spacial score (nSPS) is 19.1. The first kappa shape index (κ1) is 16.6. The van der Waals surface area contributed by atoms with E-state index in [-0.39, 0.29) is 11.7 Å². The Hall–Kier alpha value is -2.24. The van der Waals surface area contributed by atoms with E-state index < -0.39 is 12.1 Å². The summed E-state index contributed by atoms with van der Waals surface area (Å²) in [7, 11) is 0. The van der Waals surface area contributed by atoms with Gasteiger partial charge in [-0.15, -0.1) is 0 Å². The molecule has 2 atom stereocenters. The van der Waals surface area contributed by atoms with E-state index in [1.165, 1.54) is 6.07 Å². The van der Waals surface area contributed by atoms with Crippen LogP contribution in [0.25, 0.3) is 0 Å². The van der Waals surface area contributed by atoms with Crippen LogP contribution >= 0.6 is 0 Å². The number of halogens is 1. The molecule has 126 valence electrons. The maximum Gasteiger partial charge on any atom is 0.240 e. The van der Waals surface area contributed by atoms with Crippen molar-refractivity contribution in [1.82, 2.24) is 4.90 Å². The first-order valence-corrected chi connectivity index (χ1v) is 8.09. The van der Waals surface area contributed by atoms with Gasteiger partial charge in [0.1, 0.15) is 11.9 Å². The third-order valence-electron chi connectivity index (χ3n) is 4.25. The number of hydrogen-bond acceptors (Lipinski definition) is 3. The summed E-state index contributed by atoms with van der Waals surface area (Å²) in [5, 5.41) is 0. The minimum absolute atomic E-state index is 0.122. The van der Waals surface area contributed by atoms with Crippen molar-refractivity contribution in [3.63, 3.8) is 0 Å². The molecule has 0 unspecified atom stereocenters. The summed E-state index contributed by atoms with van der Waals surface area (Å²) in [6.07, 6.45) is 0.0364. The highest BCUT2D eigenvalue weighted by atomic mass is 19.1. The topological polar surface area (TPSA) is 55.6 Å². The molecule has 0 aromatic heterocycles. The Morgan fingerprint density at radius 3 is 2.67 bits per heavy atom. The van der Waals surface area contributed by atoms with Crippen LogP contribution in [0, 0.1) is 5.82 Å². The second-order valence-corrected chi connectivity index (χ2v) is 5.96. The molecule has 2 aromatic rings. The fraction of sp³-hybridized carbons (Fsp3) is 0.316. The SMILES string of the molecule is N[C@H](Cc1ccccc1)C(=O)N1CCO[C@H](c2ccccc2F)C1. The van der Waals surface area contributed by atoms with Crippen LogP contribution in [0.1, 0.15) is 17.2 Å². The molecule has 4 nitrogen and oxygen atoms in total. The lowest BCUT2D eigenvalue weighted by atomic mass is 10.0. The van der Waals surface area contributed by atoms with Crippen molar-refractivity contribution < 1.29 is 13.9 Å². The summed E-state index contributed by atoms with van der Waals surface area (Å²) in [5.74, 6) is -0.436. The van der Waals surface area contributed by atoms with Gasteiger partial charge in [0.15, 0.2) is 0 Å². The summed E-state index contributed by atoms with van der Waals surface area (Å²) < 4.78 is 19.6. The van der Waals surface area contributed by atoms with Crippen molar-refractivity contribution in [3.8, 4) is 0 Å². The van der Waals surface area contributed by atoms with Crippen molar-refractivity contribution in [2.75, 3.05) is 19.7 Å². The van der Waals surface area contributed by atoms with E-state index in [0.29, 0.717) is 31.7 Å². The largest absolute Gasteiger partial charge is 0.370 e. The molecule has 2 aromatic carbocycles. The van der Waals surface area contributed by atoms with Gasteiger partial charge in [-0.25, -0.2) is 4.39 Å². The average molecular weight is 328 g/mol. The molecule has 0 bridgehead atoms. The van der Waals surface area contributed by atoms with Crippen LogP contribution in [0.3, 0.4) is 0 Å². The Kier molecular flexibility index (Phi) is 5.23. The van der Waals surface area contributed by atoms with Gasteiger partial charge in [-0.3, -0.25) is 4.79 Å². The minimum Gasteiger partial charge on any atom is -0.370 e. The Morgan fingerprint density at radius 2 is 1.92 bits per heavy atom. The van der Waals surface area contributed by atoms with Gasteiger partial charge in [0.2, 0.25) is 5.91 Å². The van der Waals surface area contributed by atoms with E-state index in [2.05, 4.69) is 0 Å². The van der Waals surface area contributed by atoms with Gasteiger partial charge in [-0.2, -0.15) is 0 Å². The second kappa shape index (κ2) is 7.55. The Balaban J connectivity index is 1.66. The zero-order chi connectivity index (χ0) is 16.9. The van der Waals surface area contributed by atoms with Crippen LogP contribution < -0.4 is 5.73 Å². The van der Waals surface area contributed by atoms with Crippen molar-refractivity contribution in [2.24, 2.45) is 5.73 Å². The van der Waals surface area contributed by atoms with E-state index in [9.17, 15) is 9.18 Å². The fourth-order valence-electron chi connectivity index (χ4n) is 2.96. The number of carbonyl (C=O) groups is 1. The molecule has 1 aliphatic heterocycles. The zero-order valence-electron chi connectivity index (χ0n) is 13.4. The van der Waals surface area contributed by atoms with E-state index in [4.69, 9.17) is 10.5 Å². The van der Waals surface area contributed by atoms with Crippen LogP contribution in [0.2, 0.25) is 0 Å². The lowest BCUT2D eigenvalue weighted by molar-refractivity contribution is -0.140. The Morgan fingerprint density at radius 1 is 1.21 bits per heavy atom. The first-order valence-electron chi connectivity index (χ1n) is 8.09. The molecule has 2 N–H and O–H groups in total. The lowest BCUT2D eigenvalue weighted by Gasteiger charge is -2.34. The van der Waals surface area contributed by atoms with Gasteiger partial charge in [0.05, 0.1) is 19.2 Å². The van der Waals surface area contributed by atoms with Crippen molar-refractivity contribution in [2.45, 2.75) is 18.6 Å². The number of rotatable bonds is 4. The van der Waals surface area contributed by atoms with Gasteiger partial charge >= 0.3 is 0 Å². The number of carbonyl (C=O) groups excluding carboxylic acids is 1. The highest BCUT2D eigenvalue weighted by Gasteiger charge is 2.29. The Bertz CT molecular complexity index is 693. The minimum atomic E-state index is -0.605. The maximum absolute atomic E-state index is 13.9. The van der Waals surface area contributed by atoms with Crippen LogP contribution in [-0.4, -0.2) is 36.5 Å². The summed E-state index contributed by atoms with van der Waals surface area (Å²) in [6.45, 7) is 1.18. The van der Waals surface area contributed by atoms with Gasteiger partial charge in [0, 0.05) is 12.1 Å². The smallest absolute Gasteiger partial charge is 0.240 e. The molecule has 5 heteroatoms. The Labute approximate surface area is 141 Å². The van der Waals surface area contributed by atoms with Crippen molar-refractivity contribution in [3.05, 3.63) is 71.5 Å². The number of amides is 1. The number of hydrogen-bond donors (Lipinski definition) is 1. The molecule has 1 saturated heterocycles. The van der Waals surface area contributed by atoms with Crippen molar-refractivity contribution >= 4 is 5.91 Å². The highest BCUT2D eigenvalue weighted by Crippen LogP contribution is 2.24. The number of nitrogens with zero attached hydrogens (tertiary/aromatic N) is 1. The molecular formula is C19H21FN2O2. The first-order chi connectivity index (χ1) is 11.6. The van der Waals surface area contributed by atoms with Crippen LogP contribution in [-0.2, 0) is 16.0 Å². The van der Waals surface area contributed by atoms with E-state index in [1.807, 2.05) is 30.3 Å². The fourth-order valence-corrected chi connectivity index (χ4v) is 2.96. The summed E-state index contributed by atoms with van der Waals surface area (Å²) in [4.78, 5) is 14.3. The monoisotopic (exact) mass is 328 g/mol. The molecule has 24 heavy (non-hydrogen) atoms. The zero-order valence-corrected chi connectivity index (χ0v) is 13.4. The second-order valence-electron chi connectivity index (χ2n) is 5.96. The number of nitrogens with two attached hydrogens (primary N) is 1. The highest BCUT2D eigenvalue weighted by molar-refractivity contribution is 5.82. The van der Waals surface area contributed by atoms with Crippen LogP contribution in [0.5, 0.6) is 0 Å². The maximum atomic E-state index is 13.9. The molecule has 1 aliphatic rings. The van der Waals surface area contributed by atoms with E-state index in [0.717, 1.165) is 5.56 Å². The van der Waals surface area contributed by atoms with Gasteiger partial charge < -0.3 is 15.4 Å². The van der Waals surface area contributed by atoms with Crippen LogP contribution in [0.15, 0.2) is 54.6 Å². The summed E-state index contributed by atoms with van der Waals surface area (Å²) in [5.41, 5.74) is 7.59. The van der Waals surface area contributed by atoms with E-state index >= 15 is 0 Å². The molecule has 1 heterocycles. The molecule has 1 amide bonds. The summed E-state index contributed by atoms with van der Waals surface area (Å²) >= 11 is 0. The third-order valence-corrected chi connectivity index (χ3v) is 4.25. The van der Waals surface area contributed by atoms with Crippen molar-refractivity contribution in [1.29, 1.82) is 0 Å². The predicted octanol–water partition coefficient (Wildman–Crippen LogP) is 2.30. The van der Waals surface area contributed by atoms with E-state index in [1.54, 1.807) is 23.1 Å². The van der Waals surface area contributed by atoms with Gasteiger partial charge in [-0.1, -0.05) is 48.5 Å². The number of benzene rings is 2. The van der Waals surface area contributed by atoms with Gasteiger partial charge in [-0.05, 0) is 18.1 Å². The third kappa shape index (κ3) is 3.80. The van der Waals surface area contributed by atoms with Crippen LogP contribution in [0.4, 0.5) is 4.39 Å². The molecule has 0 radical (unpaired) electrons. The lowest BCUT2D eigenvalue weighted by Crippen LogP contribution is -2.50. The molecule has 0 saturated carbocycles.